The van der Waals surface area contributed by atoms with Crippen LogP contribution < -0.4 is 0 Å². The minimum Gasteiger partial charge on any atom is -0.447 e. The van der Waals surface area contributed by atoms with Crippen LogP contribution in [0.4, 0.5) is 4.39 Å². The molecular formula is C14H15ClFNO3S. The molecular weight excluding hydrogens is 317 g/mol. The molecule has 1 aromatic heterocycles. The third-order valence-corrected chi connectivity index (χ3v) is 5.37. The van der Waals surface area contributed by atoms with Gasteiger partial charge in [0, 0.05) is 18.7 Å². The maximum absolute atomic E-state index is 13.8. The summed E-state index contributed by atoms with van der Waals surface area (Å²) in [4.78, 5) is 0. The van der Waals surface area contributed by atoms with Gasteiger partial charge in [0.25, 0.3) is 10.0 Å². The van der Waals surface area contributed by atoms with Gasteiger partial charge in [0.1, 0.15) is 11.6 Å². The first-order valence-electron chi connectivity index (χ1n) is 6.25. The molecule has 21 heavy (non-hydrogen) atoms. The third-order valence-electron chi connectivity index (χ3n) is 3.30. The number of furan rings is 1. The Balaban J connectivity index is 2.34. The van der Waals surface area contributed by atoms with E-state index in [0.717, 1.165) is 4.31 Å². The van der Waals surface area contributed by atoms with Crippen molar-refractivity contribution in [2.75, 3.05) is 7.05 Å². The molecule has 7 heteroatoms. The van der Waals surface area contributed by atoms with Gasteiger partial charge in [-0.1, -0.05) is 18.2 Å². The average molecular weight is 332 g/mol. The van der Waals surface area contributed by atoms with Crippen molar-refractivity contribution in [2.24, 2.45) is 0 Å². The van der Waals surface area contributed by atoms with Gasteiger partial charge in [-0.05, 0) is 25.1 Å². The molecule has 0 aliphatic carbocycles. The van der Waals surface area contributed by atoms with Crippen LogP contribution in [0.1, 0.15) is 24.3 Å². The van der Waals surface area contributed by atoms with Crippen LogP contribution in [-0.2, 0) is 15.9 Å². The molecule has 0 bridgehead atoms. The first kappa shape index (κ1) is 16.0. The van der Waals surface area contributed by atoms with Crippen LogP contribution in [0.3, 0.4) is 0 Å². The summed E-state index contributed by atoms with van der Waals surface area (Å²) in [5.41, 5.74) is 0.299. The number of rotatable bonds is 5. The highest BCUT2D eigenvalue weighted by molar-refractivity contribution is 7.89. The van der Waals surface area contributed by atoms with Crippen LogP contribution in [0.15, 0.2) is 45.9 Å². The highest BCUT2D eigenvalue weighted by Crippen LogP contribution is 2.28. The average Bonchev–Trinajstić information content (AvgIpc) is 2.96. The molecule has 1 aromatic carbocycles. The second kappa shape index (κ2) is 6.17. The van der Waals surface area contributed by atoms with Gasteiger partial charge in [-0.2, -0.15) is 4.31 Å². The van der Waals surface area contributed by atoms with Crippen molar-refractivity contribution in [1.82, 2.24) is 4.31 Å². The van der Waals surface area contributed by atoms with E-state index in [1.165, 1.54) is 25.2 Å². The Kier molecular flexibility index (Phi) is 4.70. The van der Waals surface area contributed by atoms with Crippen LogP contribution in [0.25, 0.3) is 0 Å². The Morgan fingerprint density at radius 2 is 1.95 bits per heavy atom. The van der Waals surface area contributed by atoms with E-state index in [4.69, 9.17) is 16.0 Å². The van der Waals surface area contributed by atoms with Crippen molar-refractivity contribution in [2.45, 2.75) is 23.9 Å². The normalized spacial score (nSPS) is 13.6. The fourth-order valence-electron chi connectivity index (χ4n) is 1.93. The molecule has 1 atom stereocenters. The topological polar surface area (TPSA) is 50.5 Å². The first-order valence-corrected chi connectivity index (χ1v) is 8.22. The quantitative estimate of drug-likeness (QED) is 0.787. The molecule has 1 unspecified atom stereocenters. The summed E-state index contributed by atoms with van der Waals surface area (Å²) in [5.74, 6) is -0.00243. The van der Waals surface area contributed by atoms with Crippen LogP contribution in [-0.4, -0.2) is 19.8 Å². The van der Waals surface area contributed by atoms with E-state index in [0.29, 0.717) is 11.3 Å². The summed E-state index contributed by atoms with van der Waals surface area (Å²) in [5, 5.41) is -0.205. The Morgan fingerprint density at radius 3 is 2.52 bits per heavy atom. The summed E-state index contributed by atoms with van der Waals surface area (Å²) in [7, 11) is -2.47. The highest BCUT2D eigenvalue weighted by Gasteiger charge is 2.30. The van der Waals surface area contributed by atoms with Crippen molar-refractivity contribution < 1.29 is 17.2 Å². The molecule has 0 fully saturated rings. The summed E-state index contributed by atoms with van der Waals surface area (Å²) in [6.07, 6.45) is 0. The number of hydrogen-bond acceptors (Lipinski definition) is 3. The minimum absolute atomic E-state index is 0.0854. The zero-order valence-electron chi connectivity index (χ0n) is 11.6. The van der Waals surface area contributed by atoms with Gasteiger partial charge in [0.05, 0.1) is 5.88 Å². The van der Waals surface area contributed by atoms with Crippen LogP contribution >= 0.6 is 11.6 Å². The molecule has 2 aromatic rings. The predicted octanol–water partition coefficient (Wildman–Crippen LogP) is 3.54. The number of halogens is 2. The predicted molar refractivity (Wildman–Crippen MR) is 78.0 cm³/mol. The smallest absolute Gasteiger partial charge is 0.276 e. The van der Waals surface area contributed by atoms with Gasteiger partial charge in [0.2, 0.25) is 5.09 Å². The molecule has 0 aliphatic heterocycles. The fraction of sp³-hybridized carbons (Fsp3) is 0.286. The van der Waals surface area contributed by atoms with Crippen molar-refractivity contribution >= 4 is 21.6 Å². The number of sulfonamides is 1. The largest absolute Gasteiger partial charge is 0.447 e. The summed E-state index contributed by atoms with van der Waals surface area (Å²) in [6.45, 7) is 1.61. The maximum Gasteiger partial charge on any atom is 0.276 e. The van der Waals surface area contributed by atoms with E-state index in [1.807, 2.05) is 0 Å². The van der Waals surface area contributed by atoms with E-state index in [2.05, 4.69) is 0 Å². The summed E-state index contributed by atoms with van der Waals surface area (Å²) in [6, 6.07) is 8.25. The molecule has 0 spiro atoms. The molecule has 0 amide bonds. The third kappa shape index (κ3) is 3.12. The van der Waals surface area contributed by atoms with Gasteiger partial charge in [-0.15, -0.1) is 11.6 Å². The van der Waals surface area contributed by atoms with Crippen LogP contribution in [0.2, 0.25) is 0 Å². The monoisotopic (exact) mass is 331 g/mol. The molecule has 0 aliphatic rings. The minimum atomic E-state index is -3.85. The van der Waals surface area contributed by atoms with Crippen molar-refractivity contribution in [3.63, 3.8) is 0 Å². The first-order chi connectivity index (χ1) is 9.87. The lowest BCUT2D eigenvalue weighted by molar-refractivity contribution is 0.357. The SMILES string of the molecule is CC(c1ccccc1F)N(C)S(=O)(=O)c1ccc(CCl)o1. The molecule has 0 saturated carbocycles. The van der Waals surface area contributed by atoms with E-state index in [-0.39, 0.29) is 11.0 Å². The van der Waals surface area contributed by atoms with E-state index >= 15 is 0 Å². The molecule has 0 N–H and O–H groups in total. The van der Waals surface area contributed by atoms with Crippen molar-refractivity contribution in [3.8, 4) is 0 Å². The van der Waals surface area contributed by atoms with Crippen molar-refractivity contribution in [3.05, 3.63) is 53.5 Å². The number of benzene rings is 1. The lowest BCUT2D eigenvalue weighted by Crippen LogP contribution is -2.30. The van der Waals surface area contributed by atoms with E-state index in [9.17, 15) is 12.8 Å². The molecule has 2 rings (SSSR count). The molecule has 4 nitrogen and oxygen atoms in total. The standard InChI is InChI=1S/C14H15ClFNO3S/c1-10(12-5-3-4-6-13(12)16)17(2)21(18,19)14-8-7-11(9-15)20-14/h3-8,10H,9H2,1-2H3. The van der Waals surface area contributed by atoms with Gasteiger partial charge in [0.15, 0.2) is 0 Å². The van der Waals surface area contributed by atoms with Crippen molar-refractivity contribution in [1.29, 1.82) is 0 Å². The van der Waals surface area contributed by atoms with Gasteiger partial charge >= 0.3 is 0 Å². The fourth-order valence-corrected chi connectivity index (χ4v) is 3.34. The molecule has 0 radical (unpaired) electrons. The van der Waals surface area contributed by atoms with E-state index < -0.39 is 21.9 Å². The Labute approximate surface area is 128 Å². The number of hydrogen-bond donors (Lipinski definition) is 0. The van der Waals surface area contributed by atoms with Crippen LogP contribution in [0, 0.1) is 5.82 Å². The molecule has 114 valence electrons. The number of alkyl halides is 1. The second-order valence-electron chi connectivity index (χ2n) is 4.57. The Morgan fingerprint density at radius 1 is 1.29 bits per heavy atom. The summed E-state index contributed by atoms with van der Waals surface area (Å²) < 4.78 is 44.9. The van der Waals surface area contributed by atoms with Gasteiger partial charge in [-0.3, -0.25) is 0 Å². The lowest BCUT2D eigenvalue weighted by atomic mass is 10.1. The maximum atomic E-state index is 13.8. The Hall–Kier alpha value is -1.37. The second-order valence-corrected chi connectivity index (χ2v) is 6.77. The lowest BCUT2D eigenvalue weighted by Gasteiger charge is -2.23. The zero-order valence-corrected chi connectivity index (χ0v) is 13.2. The highest BCUT2D eigenvalue weighted by atomic mass is 35.5. The summed E-state index contributed by atoms with van der Waals surface area (Å²) >= 11 is 5.60. The van der Waals surface area contributed by atoms with Gasteiger partial charge < -0.3 is 4.42 Å². The van der Waals surface area contributed by atoms with E-state index in [1.54, 1.807) is 25.1 Å². The van der Waals surface area contributed by atoms with Crippen LogP contribution in [0.5, 0.6) is 0 Å². The zero-order chi connectivity index (χ0) is 15.6. The number of nitrogens with zero attached hydrogens (tertiary/aromatic N) is 1. The Bertz CT molecular complexity index is 729. The molecule has 1 heterocycles. The van der Waals surface area contributed by atoms with Gasteiger partial charge in [-0.25, -0.2) is 12.8 Å². The molecule has 0 saturated heterocycles.